The third-order valence-electron chi connectivity index (χ3n) is 0.879. The van der Waals surface area contributed by atoms with Crippen LogP contribution in [0.15, 0.2) is 23.4 Å². The Morgan fingerprint density at radius 1 is 1.75 bits per heavy atom. The molecule has 0 radical (unpaired) electrons. The Bertz CT molecular complexity index is 141. The van der Waals surface area contributed by atoms with Gasteiger partial charge in [0.15, 0.2) is 0 Å². The van der Waals surface area contributed by atoms with Crippen molar-refractivity contribution in [1.82, 2.24) is 5.06 Å². The summed E-state index contributed by atoms with van der Waals surface area (Å²) in [5.41, 5.74) is 0. The topological polar surface area (TPSA) is 26.3 Å². The third-order valence-corrected chi connectivity index (χ3v) is 1.19. The van der Waals surface area contributed by atoms with Crippen LogP contribution in [0.3, 0.4) is 0 Å². The number of nitrogens with zero attached hydrogens (tertiary/aromatic N) is 1. The van der Waals surface area contributed by atoms with Crippen molar-refractivity contribution in [1.29, 1.82) is 0 Å². The number of rotatable bonds is 0. The van der Waals surface area contributed by atoms with E-state index in [0.29, 0.717) is 6.54 Å². The van der Waals surface area contributed by atoms with E-state index < -0.39 is 0 Å². The lowest BCUT2D eigenvalue weighted by Crippen LogP contribution is -2.13. The molecule has 0 aliphatic carbocycles. The van der Waals surface area contributed by atoms with E-state index in [1.165, 1.54) is 0 Å². The average Bonchev–Trinajstić information content (AvgIpc) is 1.77. The SMILES string of the molecule is [O-]N1CC=CC=C1Cl. The molecule has 0 atom stereocenters. The summed E-state index contributed by atoms with van der Waals surface area (Å²) in [5.74, 6) is 0. The molecule has 0 saturated carbocycles. The zero-order valence-corrected chi connectivity index (χ0v) is 4.93. The second-order valence-corrected chi connectivity index (χ2v) is 1.87. The molecule has 0 spiro atoms. The Hall–Kier alpha value is -0.470. The Morgan fingerprint density at radius 2 is 2.50 bits per heavy atom. The highest BCUT2D eigenvalue weighted by molar-refractivity contribution is 6.29. The van der Waals surface area contributed by atoms with Crippen molar-refractivity contribution < 1.29 is 0 Å². The lowest BCUT2D eigenvalue weighted by Gasteiger charge is -2.29. The van der Waals surface area contributed by atoms with Gasteiger partial charge in [0.05, 0.1) is 5.16 Å². The molecule has 0 fully saturated rings. The molecular formula is C5H5ClNO-. The van der Waals surface area contributed by atoms with E-state index >= 15 is 0 Å². The molecule has 0 aromatic carbocycles. The van der Waals surface area contributed by atoms with Gasteiger partial charge in [0.25, 0.3) is 0 Å². The lowest BCUT2D eigenvalue weighted by atomic mass is 10.4. The molecule has 1 heterocycles. The zero-order valence-electron chi connectivity index (χ0n) is 4.17. The van der Waals surface area contributed by atoms with Crippen LogP contribution in [0.5, 0.6) is 0 Å². The van der Waals surface area contributed by atoms with Crippen molar-refractivity contribution in [3.05, 3.63) is 28.6 Å². The molecular weight excluding hydrogens is 126 g/mol. The fourth-order valence-electron chi connectivity index (χ4n) is 0.474. The first-order valence-corrected chi connectivity index (χ1v) is 2.65. The molecule has 0 amide bonds. The van der Waals surface area contributed by atoms with Crippen molar-refractivity contribution in [3.63, 3.8) is 0 Å². The zero-order chi connectivity index (χ0) is 5.98. The molecule has 0 unspecified atom stereocenters. The van der Waals surface area contributed by atoms with Gasteiger partial charge in [-0.3, -0.25) is 0 Å². The number of hydrogen-bond donors (Lipinski definition) is 0. The van der Waals surface area contributed by atoms with Gasteiger partial charge in [-0.2, -0.15) is 0 Å². The quantitative estimate of drug-likeness (QED) is 0.464. The van der Waals surface area contributed by atoms with E-state index in [0.717, 1.165) is 5.06 Å². The van der Waals surface area contributed by atoms with E-state index in [1.54, 1.807) is 18.2 Å². The predicted octanol–water partition coefficient (Wildman–Crippen LogP) is 1.44. The van der Waals surface area contributed by atoms with E-state index in [-0.39, 0.29) is 5.16 Å². The van der Waals surface area contributed by atoms with E-state index in [9.17, 15) is 5.21 Å². The first-order valence-electron chi connectivity index (χ1n) is 2.27. The summed E-state index contributed by atoms with van der Waals surface area (Å²) in [6, 6.07) is 0. The number of halogens is 1. The van der Waals surface area contributed by atoms with E-state index in [4.69, 9.17) is 11.6 Å². The van der Waals surface area contributed by atoms with Crippen molar-refractivity contribution in [2.24, 2.45) is 0 Å². The van der Waals surface area contributed by atoms with Crippen LogP contribution < -0.4 is 0 Å². The molecule has 3 heteroatoms. The second kappa shape index (κ2) is 2.20. The van der Waals surface area contributed by atoms with E-state index in [2.05, 4.69) is 0 Å². The molecule has 1 aliphatic heterocycles. The van der Waals surface area contributed by atoms with Gasteiger partial charge in [0.1, 0.15) is 0 Å². The van der Waals surface area contributed by atoms with Crippen LogP contribution in [0.2, 0.25) is 0 Å². The van der Waals surface area contributed by atoms with Crippen molar-refractivity contribution >= 4 is 11.6 Å². The normalized spacial score (nSPS) is 18.8. The number of hydrogen-bond acceptors (Lipinski definition) is 2. The summed E-state index contributed by atoms with van der Waals surface area (Å²) in [5, 5.41) is 11.4. The van der Waals surface area contributed by atoms with Crippen LogP contribution in [0.4, 0.5) is 0 Å². The molecule has 0 aromatic heterocycles. The smallest absolute Gasteiger partial charge is 0.0939 e. The first kappa shape index (κ1) is 5.66. The molecule has 0 aromatic rings. The highest BCUT2D eigenvalue weighted by Crippen LogP contribution is 2.10. The van der Waals surface area contributed by atoms with Crippen LogP contribution >= 0.6 is 11.6 Å². The second-order valence-electron chi connectivity index (χ2n) is 1.48. The molecule has 0 bridgehead atoms. The molecule has 8 heavy (non-hydrogen) atoms. The minimum Gasteiger partial charge on any atom is -0.757 e. The number of allylic oxidation sites excluding steroid dienone is 2. The minimum absolute atomic E-state index is 0.257. The maximum Gasteiger partial charge on any atom is 0.0939 e. The van der Waals surface area contributed by atoms with Crippen molar-refractivity contribution in [2.45, 2.75) is 0 Å². The summed E-state index contributed by atoms with van der Waals surface area (Å²) in [6.45, 7) is 0.370. The van der Waals surface area contributed by atoms with Crippen molar-refractivity contribution in [3.8, 4) is 0 Å². The summed E-state index contributed by atoms with van der Waals surface area (Å²) in [7, 11) is 0. The highest BCUT2D eigenvalue weighted by Gasteiger charge is 1.93. The molecule has 1 aliphatic rings. The number of hydroxylamine groups is 2. The fourth-order valence-corrected chi connectivity index (χ4v) is 0.616. The third kappa shape index (κ3) is 1.02. The van der Waals surface area contributed by atoms with Gasteiger partial charge in [0.2, 0.25) is 0 Å². The van der Waals surface area contributed by atoms with Gasteiger partial charge in [-0.05, 0) is 6.08 Å². The predicted molar refractivity (Wildman–Crippen MR) is 33.1 cm³/mol. The lowest BCUT2D eigenvalue weighted by molar-refractivity contribution is 0.547. The fraction of sp³-hybridized carbons (Fsp3) is 0.200. The van der Waals surface area contributed by atoms with Gasteiger partial charge in [-0.25, -0.2) is 0 Å². The van der Waals surface area contributed by atoms with Gasteiger partial charge >= 0.3 is 0 Å². The minimum atomic E-state index is 0.257. The van der Waals surface area contributed by atoms with Crippen molar-refractivity contribution in [2.75, 3.05) is 6.54 Å². The molecule has 44 valence electrons. The summed E-state index contributed by atoms with van der Waals surface area (Å²) >= 11 is 5.39. The van der Waals surface area contributed by atoms with Gasteiger partial charge in [0, 0.05) is 6.54 Å². The molecule has 1 rings (SSSR count). The maximum absolute atomic E-state index is 10.5. The van der Waals surface area contributed by atoms with Gasteiger partial charge < -0.3 is 10.3 Å². The van der Waals surface area contributed by atoms with Crippen LogP contribution in [0, 0.1) is 5.21 Å². The van der Waals surface area contributed by atoms with Crippen LogP contribution in [-0.2, 0) is 0 Å². The van der Waals surface area contributed by atoms with Crippen LogP contribution in [-0.4, -0.2) is 11.6 Å². The monoisotopic (exact) mass is 130 g/mol. The molecule has 2 nitrogen and oxygen atoms in total. The average molecular weight is 131 g/mol. The maximum atomic E-state index is 10.5. The van der Waals surface area contributed by atoms with Gasteiger partial charge in [-0.1, -0.05) is 23.8 Å². The van der Waals surface area contributed by atoms with Gasteiger partial charge in [-0.15, -0.1) is 0 Å². The molecule has 0 saturated heterocycles. The largest absolute Gasteiger partial charge is 0.757 e. The summed E-state index contributed by atoms with van der Waals surface area (Å²) in [4.78, 5) is 0. The Kier molecular flexibility index (Phi) is 1.56. The van der Waals surface area contributed by atoms with Crippen LogP contribution in [0.25, 0.3) is 0 Å². The highest BCUT2D eigenvalue weighted by atomic mass is 35.5. The summed E-state index contributed by atoms with van der Waals surface area (Å²) < 4.78 is 0. The Balaban J connectivity index is 2.66. The van der Waals surface area contributed by atoms with E-state index in [1.807, 2.05) is 0 Å². The Labute approximate surface area is 52.6 Å². The summed E-state index contributed by atoms with van der Waals surface area (Å²) in [6.07, 6.45) is 5.08. The standard InChI is InChI=1S/C5H5ClNO/c6-5-3-1-2-4-7(5)8/h1-3H,4H2/q-1. The first-order chi connectivity index (χ1) is 3.80. The molecule has 0 N–H and O–H groups in total. The van der Waals surface area contributed by atoms with Crippen LogP contribution in [0.1, 0.15) is 0 Å². The Morgan fingerprint density at radius 3 is 2.88 bits per heavy atom.